The minimum atomic E-state index is -0.737. The largest absolute Gasteiger partial charge is 0.481 e. The molecular weight excluding hydrogens is 242 g/mol. The summed E-state index contributed by atoms with van der Waals surface area (Å²) in [6, 6.07) is 7.85. The molecule has 0 spiro atoms. The van der Waals surface area contributed by atoms with Crippen LogP contribution < -0.4 is 0 Å². The van der Waals surface area contributed by atoms with E-state index in [1.165, 1.54) is 0 Å². The topological polar surface area (TPSA) is 68.0 Å². The van der Waals surface area contributed by atoms with E-state index in [1.54, 1.807) is 17.2 Å². The highest BCUT2D eigenvalue weighted by atomic mass is 16.4. The Morgan fingerprint density at radius 2 is 2.11 bits per heavy atom. The van der Waals surface area contributed by atoms with Gasteiger partial charge in [0.25, 0.3) is 0 Å². The first-order valence-electron chi connectivity index (χ1n) is 6.42. The van der Waals surface area contributed by atoms with Gasteiger partial charge in [0.15, 0.2) is 0 Å². The molecule has 1 N–H and O–H groups in total. The van der Waals surface area contributed by atoms with Crippen molar-refractivity contribution in [2.45, 2.75) is 25.2 Å². The summed E-state index contributed by atoms with van der Waals surface area (Å²) in [4.78, 5) is 12.5. The number of carboxylic acid groups (broad SMARTS) is 1. The number of carbonyl (C=O) groups is 1. The molecule has 1 atom stereocenters. The van der Waals surface area contributed by atoms with E-state index >= 15 is 0 Å². The molecule has 1 unspecified atom stereocenters. The van der Waals surface area contributed by atoms with Crippen LogP contribution in [0, 0.1) is 5.92 Å². The maximum absolute atomic E-state index is 11.0. The number of hydrogen-bond donors (Lipinski definition) is 1. The highest BCUT2D eigenvalue weighted by Gasteiger charge is 2.33. The molecule has 0 amide bonds. The monoisotopic (exact) mass is 257 g/mol. The standard InChI is InChI=1S/C14H15N3O2/c18-14(19)9-13(10-4-5-10)11-2-1-3-12(8-11)17-15-6-7-16-17/h1-3,6-8,10,13H,4-5,9H2,(H,18,19). The number of benzene rings is 1. The smallest absolute Gasteiger partial charge is 0.303 e. The van der Waals surface area contributed by atoms with E-state index in [4.69, 9.17) is 5.11 Å². The second kappa shape index (κ2) is 4.84. The van der Waals surface area contributed by atoms with E-state index in [-0.39, 0.29) is 12.3 Å². The Morgan fingerprint density at radius 3 is 2.74 bits per heavy atom. The summed E-state index contributed by atoms with van der Waals surface area (Å²) >= 11 is 0. The third kappa shape index (κ3) is 2.65. The van der Waals surface area contributed by atoms with Crippen molar-refractivity contribution < 1.29 is 9.90 Å². The van der Waals surface area contributed by atoms with Gasteiger partial charge in [-0.15, -0.1) is 0 Å². The molecule has 2 aromatic rings. The molecule has 0 radical (unpaired) electrons. The molecule has 1 heterocycles. The van der Waals surface area contributed by atoms with Gasteiger partial charge >= 0.3 is 5.97 Å². The molecule has 1 aromatic heterocycles. The lowest BCUT2D eigenvalue weighted by atomic mass is 9.91. The maximum atomic E-state index is 11.0. The van der Waals surface area contributed by atoms with Gasteiger partial charge in [-0.05, 0) is 42.4 Å². The number of aliphatic carboxylic acids is 1. The molecule has 0 saturated heterocycles. The lowest BCUT2D eigenvalue weighted by molar-refractivity contribution is -0.137. The second-order valence-electron chi connectivity index (χ2n) is 4.96. The molecule has 5 heteroatoms. The van der Waals surface area contributed by atoms with Crippen LogP contribution in [0.15, 0.2) is 36.7 Å². The number of nitrogens with zero attached hydrogens (tertiary/aromatic N) is 3. The van der Waals surface area contributed by atoms with Crippen LogP contribution in [0.3, 0.4) is 0 Å². The summed E-state index contributed by atoms with van der Waals surface area (Å²) in [5.74, 6) is -0.121. The average molecular weight is 257 g/mol. The summed E-state index contributed by atoms with van der Waals surface area (Å²) in [5, 5.41) is 17.2. The minimum Gasteiger partial charge on any atom is -0.481 e. The molecule has 3 rings (SSSR count). The Morgan fingerprint density at radius 1 is 1.37 bits per heavy atom. The Hall–Kier alpha value is -2.17. The molecule has 19 heavy (non-hydrogen) atoms. The average Bonchev–Trinajstić information content (AvgIpc) is 3.09. The van der Waals surface area contributed by atoms with E-state index in [9.17, 15) is 4.79 Å². The molecule has 1 fully saturated rings. The first-order chi connectivity index (χ1) is 9.24. The SMILES string of the molecule is O=C(O)CC(c1cccc(-n2nccn2)c1)C1CC1. The normalized spacial score (nSPS) is 16.2. The quantitative estimate of drug-likeness (QED) is 0.891. The van der Waals surface area contributed by atoms with Gasteiger partial charge < -0.3 is 5.11 Å². The molecule has 1 aliphatic rings. The van der Waals surface area contributed by atoms with E-state index in [0.29, 0.717) is 5.92 Å². The molecule has 1 aromatic carbocycles. The number of rotatable bonds is 5. The van der Waals surface area contributed by atoms with E-state index < -0.39 is 5.97 Å². The lowest BCUT2D eigenvalue weighted by Crippen LogP contribution is -2.09. The summed E-state index contributed by atoms with van der Waals surface area (Å²) in [5.41, 5.74) is 1.94. The van der Waals surface area contributed by atoms with Crippen LogP contribution in [0.4, 0.5) is 0 Å². The molecular formula is C14H15N3O2. The van der Waals surface area contributed by atoms with E-state index in [1.807, 2.05) is 24.3 Å². The molecule has 1 aliphatic carbocycles. The number of carboxylic acids is 1. The van der Waals surface area contributed by atoms with Gasteiger partial charge in [-0.25, -0.2) is 0 Å². The van der Waals surface area contributed by atoms with Crippen LogP contribution in [-0.4, -0.2) is 26.1 Å². The first-order valence-corrected chi connectivity index (χ1v) is 6.42. The van der Waals surface area contributed by atoms with Crippen molar-refractivity contribution in [2.24, 2.45) is 5.92 Å². The van der Waals surface area contributed by atoms with Crippen LogP contribution in [0.5, 0.6) is 0 Å². The summed E-state index contributed by atoms with van der Waals surface area (Å²) in [7, 11) is 0. The highest BCUT2D eigenvalue weighted by Crippen LogP contribution is 2.44. The summed E-state index contributed by atoms with van der Waals surface area (Å²) in [6.45, 7) is 0. The van der Waals surface area contributed by atoms with E-state index in [2.05, 4.69) is 10.2 Å². The fourth-order valence-corrected chi connectivity index (χ4v) is 2.47. The van der Waals surface area contributed by atoms with Crippen LogP contribution in [0.2, 0.25) is 0 Å². The third-order valence-electron chi connectivity index (χ3n) is 3.53. The van der Waals surface area contributed by atoms with Gasteiger partial charge in [0, 0.05) is 0 Å². The Kier molecular flexibility index (Phi) is 3.03. The van der Waals surface area contributed by atoms with Crippen molar-refractivity contribution >= 4 is 5.97 Å². The zero-order valence-corrected chi connectivity index (χ0v) is 10.4. The van der Waals surface area contributed by atoms with Crippen molar-refractivity contribution in [3.05, 3.63) is 42.2 Å². The van der Waals surface area contributed by atoms with Gasteiger partial charge in [-0.3, -0.25) is 4.79 Å². The molecule has 1 saturated carbocycles. The Bertz CT molecular complexity index is 576. The fraction of sp³-hybridized carbons (Fsp3) is 0.357. The minimum absolute atomic E-state index is 0.105. The molecule has 0 aliphatic heterocycles. The van der Waals surface area contributed by atoms with Crippen molar-refractivity contribution in [1.82, 2.24) is 15.0 Å². The summed E-state index contributed by atoms with van der Waals surface area (Å²) < 4.78 is 0. The third-order valence-corrected chi connectivity index (χ3v) is 3.53. The van der Waals surface area contributed by atoms with Gasteiger partial charge in [-0.2, -0.15) is 15.0 Å². The molecule has 98 valence electrons. The van der Waals surface area contributed by atoms with Crippen LogP contribution in [0.1, 0.15) is 30.7 Å². The predicted molar refractivity (Wildman–Crippen MR) is 69.1 cm³/mol. The highest BCUT2D eigenvalue weighted by molar-refractivity contribution is 5.68. The van der Waals surface area contributed by atoms with Gasteiger partial charge in [0.2, 0.25) is 0 Å². The Balaban J connectivity index is 1.90. The van der Waals surface area contributed by atoms with Gasteiger partial charge in [0.05, 0.1) is 24.5 Å². The Labute approximate surface area is 110 Å². The molecule has 0 bridgehead atoms. The van der Waals surface area contributed by atoms with Crippen LogP contribution >= 0.6 is 0 Å². The van der Waals surface area contributed by atoms with Crippen LogP contribution in [0.25, 0.3) is 5.69 Å². The van der Waals surface area contributed by atoms with Crippen molar-refractivity contribution in [3.63, 3.8) is 0 Å². The van der Waals surface area contributed by atoms with Crippen molar-refractivity contribution in [2.75, 3.05) is 0 Å². The van der Waals surface area contributed by atoms with Gasteiger partial charge in [0.1, 0.15) is 0 Å². The van der Waals surface area contributed by atoms with Crippen LogP contribution in [-0.2, 0) is 4.79 Å². The first kappa shape index (κ1) is 11.9. The zero-order valence-electron chi connectivity index (χ0n) is 10.4. The van der Waals surface area contributed by atoms with Crippen molar-refractivity contribution in [3.8, 4) is 5.69 Å². The number of aromatic nitrogens is 3. The fourth-order valence-electron chi connectivity index (χ4n) is 2.47. The maximum Gasteiger partial charge on any atom is 0.303 e. The predicted octanol–water partition coefficient (Wildman–Crippen LogP) is 2.24. The second-order valence-corrected chi connectivity index (χ2v) is 4.96. The lowest BCUT2D eigenvalue weighted by Gasteiger charge is -2.15. The van der Waals surface area contributed by atoms with Crippen molar-refractivity contribution in [1.29, 1.82) is 0 Å². The summed E-state index contributed by atoms with van der Waals surface area (Å²) in [6.07, 6.45) is 5.70. The van der Waals surface area contributed by atoms with Gasteiger partial charge in [-0.1, -0.05) is 12.1 Å². The number of hydrogen-bond acceptors (Lipinski definition) is 3. The zero-order chi connectivity index (χ0) is 13.2. The van der Waals surface area contributed by atoms with E-state index in [0.717, 1.165) is 24.1 Å². The molecule has 5 nitrogen and oxygen atoms in total.